The van der Waals surface area contributed by atoms with Gasteiger partial charge in [0.15, 0.2) is 15.5 Å². The van der Waals surface area contributed by atoms with E-state index in [9.17, 15) is 8.42 Å². The van der Waals surface area contributed by atoms with Crippen LogP contribution in [0.15, 0.2) is 78.1 Å². The lowest BCUT2D eigenvalue weighted by Gasteiger charge is -2.13. The number of sulfone groups is 1. The number of hydrogen-bond acceptors (Lipinski definition) is 5. The van der Waals surface area contributed by atoms with Crippen LogP contribution in [0.3, 0.4) is 0 Å². The molecule has 33 heavy (non-hydrogen) atoms. The average molecular weight is 458 g/mol. The second kappa shape index (κ2) is 7.21. The van der Waals surface area contributed by atoms with Gasteiger partial charge in [-0.15, -0.1) is 5.10 Å². The molecule has 2 N–H and O–H groups in total. The van der Waals surface area contributed by atoms with Crippen molar-refractivity contribution in [1.29, 1.82) is 0 Å². The molecule has 0 saturated carbocycles. The van der Waals surface area contributed by atoms with E-state index in [1.54, 1.807) is 23.0 Å². The molecule has 2 aromatic carbocycles. The molecule has 0 amide bonds. The van der Waals surface area contributed by atoms with Gasteiger partial charge in [0.05, 0.1) is 33.7 Å². The predicted molar refractivity (Wildman–Crippen MR) is 126 cm³/mol. The molecule has 0 radical (unpaired) electrons. The third-order valence-electron chi connectivity index (χ3n) is 5.73. The first-order valence-corrected chi connectivity index (χ1v) is 12.2. The first-order valence-electron chi connectivity index (χ1n) is 10.3. The van der Waals surface area contributed by atoms with Crippen molar-refractivity contribution >= 4 is 37.3 Å². The molecule has 0 aliphatic rings. The second-order valence-electron chi connectivity index (χ2n) is 7.94. The Morgan fingerprint density at radius 3 is 2.70 bits per heavy atom. The Kier molecular flexibility index (Phi) is 4.27. The van der Waals surface area contributed by atoms with Crippen molar-refractivity contribution < 1.29 is 13.2 Å². The van der Waals surface area contributed by atoms with Crippen LogP contribution >= 0.6 is 0 Å². The van der Waals surface area contributed by atoms with Crippen LogP contribution in [0.4, 0.5) is 0 Å². The minimum Gasteiger partial charge on any atom is -0.487 e. The number of H-pyrrole nitrogens is 2. The standard InChI is InChI=1S/C24H19N5O3S/c1-33(30,31)21-8-7-17(18-9-10-25-22(18)21)19-11-16(32-14-15-5-3-2-4-6-15)13-29-23(19)20-12-26-27-24(20)28-29/h2-13,25H,14H2,1H3,(H,27,28). The van der Waals surface area contributed by atoms with Gasteiger partial charge in [-0.3, -0.25) is 5.10 Å². The fraction of sp³-hybridized carbons (Fsp3) is 0.0833. The van der Waals surface area contributed by atoms with E-state index < -0.39 is 9.84 Å². The van der Waals surface area contributed by atoms with Crippen LogP contribution in [-0.2, 0) is 16.4 Å². The fourth-order valence-corrected chi connectivity index (χ4v) is 5.09. The molecule has 0 spiro atoms. The molecule has 4 heterocycles. The molecule has 0 unspecified atom stereocenters. The Labute approximate surface area is 188 Å². The summed E-state index contributed by atoms with van der Waals surface area (Å²) in [6, 6.07) is 17.3. The van der Waals surface area contributed by atoms with E-state index in [-0.39, 0.29) is 4.90 Å². The van der Waals surface area contributed by atoms with Crippen molar-refractivity contribution in [3.05, 3.63) is 78.8 Å². The largest absolute Gasteiger partial charge is 0.487 e. The van der Waals surface area contributed by atoms with Gasteiger partial charge in [-0.25, -0.2) is 12.9 Å². The Balaban J connectivity index is 1.57. The number of aromatic nitrogens is 5. The number of nitrogens with zero attached hydrogens (tertiary/aromatic N) is 3. The lowest BCUT2D eigenvalue weighted by Crippen LogP contribution is -2.00. The van der Waals surface area contributed by atoms with E-state index in [0.717, 1.165) is 33.0 Å². The van der Waals surface area contributed by atoms with E-state index in [1.807, 2.05) is 54.7 Å². The van der Waals surface area contributed by atoms with E-state index >= 15 is 0 Å². The number of ether oxygens (including phenoxy) is 1. The Morgan fingerprint density at radius 1 is 1.03 bits per heavy atom. The van der Waals surface area contributed by atoms with Gasteiger partial charge in [-0.1, -0.05) is 36.4 Å². The van der Waals surface area contributed by atoms with Crippen molar-refractivity contribution in [3.8, 4) is 16.9 Å². The summed E-state index contributed by atoms with van der Waals surface area (Å²) in [5, 5.41) is 13.3. The van der Waals surface area contributed by atoms with Crippen molar-refractivity contribution in [2.75, 3.05) is 6.26 Å². The van der Waals surface area contributed by atoms with Crippen LogP contribution in [0.5, 0.6) is 5.75 Å². The van der Waals surface area contributed by atoms with Crippen LogP contribution in [0.2, 0.25) is 0 Å². The van der Waals surface area contributed by atoms with Crippen molar-refractivity contribution in [1.82, 2.24) is 24.8 Å². The van der Waals surface area contributed by atoms with Crippen LogP contribution < -0.4 is 4.74 Å². The first-order chi connectivity index (χ1) is 16.0. The van der Waals surface area contributed by atoms with Crippen molar-refractivity contribution in [2.24, 2.45) is 0 Å². The van der Waals surface area contributed by atoms with Gasteiger partial charge < -0.3 is 9.72 Å². The number of aromatic amines is 2. The smallest absolute Gasteiger partial charge is 0.178 e. The highest BCUT2D eigenvalue weighted by Gasteiger charge is 2.20. The molecule has 0 fully saturated rings. The number of benzene rings is 2. The molecule has 164 valence electrons. The van der Waals surface area contributed by atoms with Crippen LogP contribution in [-0.4, -0.2) is 39.5 Å². The molecule has 0 aliphatic heterocycles. The summed E-state index contributed by atoms with van der Waals surface area (Å²) >= 11 is 0. The predicted octanol–water partition coefficient (Wildman–Crippen LogP) is 4.34. The lowest BCUT2D eigenvalue weighted by atomic mass is 10.0. The molecule has 6 rings (SSSR count). The van der Waals surface area contributed by atoms with E-state index in [4.69, 9.17) is 4.74 Å². The molecular weight excluding hydrogens is 438 g/mol. The summed E-state index contributed by atoms with van der Waals surface area (Å²) in [7, 11) is -3.39. The van der Waals surface area contributed by atoms with E-state index in [1.165, 1.54) is 6.26 Å². The zero-order valence-electron chi connectivity index (χ0n) is 17.6. The molecule has 0 atom stereocenters. The summed E-state index contributed by atoms with van der Waals surface area (Å²) in [6.45, 7) is 0.416. The summed E-state index contributed by atoms with van der Waals surface area (Å²) in [4.78, 5) is 3.35. The SMILES string of the molecule is CS(=O)(=O)c1ccc(-c2cc(OCc3ccccc3)cn3nc4[nH]ncc4c23)c2cc[nH]c12. The normalized spacial score (nSPS) is 12.2. The minimum absolute atomic E-state index is 0.265. The molecule has 0 saturated heterocycles. The third-order valence-corrected chi connectivity index (χ3v) is 6.86. The topological polar surface area (TPSA) is 105 Å². The van der Waals surface area contributed by atoms with Crippen molar-refractivity contribution in [2.45, 2.75) is 11.5 Å². The summed E-state index contributed by atoms with van der Waals surface area (Å²) in [5.74, 6) is 0.648. The minimum atomic E-state index is -3.39. The van der Waals surface area contributed by atoms with Crippen LogP contribution in [0.1, 0.15) is 5.56 Å². The Hall–Kier alpha value is -4.11. The highest BCUT2D eigenvalue weighted by Crippen LogP contribution is 2.38. The van der Waals surface area contributed by atoms with Gasteiger partial charge in [-0.2, -0.15) is 5.10 Å². The maximum atomic E-state index is 12.3. The van der Waals surface area contributed by atoms with Crippen LogP contribution in [0.25, 0.3) is 38.6 Å². The molecular formula is C24H19N5O3S. The Morgan fingerprint density at radius 2 is 1.88 bits per heavy atom. The summed E-state index contributed by atoms with van der Waals surface area (Å²) in [5.41, 5.74) is 4.90. The molecule has 6 aromatic rings. The molecule has 9 heteroatoms. The van der Waals surface area contributed by atoms with Crippen molar-refractivity contribution in [3.63, 3.8) is 0 Å². The number of fused-ring (bicyclic) bond motifs is 4. The molecule has 0 bridgehead atoms. The number of hydrogen-bond donors (Lipinski definition) is 2. The van der Waals surface area contributed by atoms with Gasteiger partial charge in [0.2, 0.25) is 0 Å². The average Bonchev–Trinajstić information content (AvgIpc) is 3.52. The molecule has 4 aromatic heterocycles. The highest BCUT2D eigenvalue weighted by atomic mass is 32.2. The lowest BCUT2D eigenvalue weighted by molar-refractivity contribution is 0.304. The fourth-order valence-electron chi connectivity index (χ4n) is 4.24. The number of pyridine rings is 1. The molecule has 0 aliphatic carbocycles. The molecule has 8 nitrogen and oxygen atoms in total. The van der Waals surface area contributed by atoms with Gasteiger partial charge in [-0.05, 0) is 29.3 Å². The zero-order valence-corrected chi connectivity index (χ0v) is 18.4. The van der Waals surface area contributed by atoms with Gasteiger partial charge in [0.1, 0.15) is 12.4 Å². The first kappa shape index (κ1) is 19.6. The number of rotatable bonds is 5. The zero-order chi connectivity index (χ0) is 22.6. The Bertz CT molecular complexity index is 1750. The summed E-state index contributed by atoms with van der Waals surface area (Å²) < 4.78 is 32.5. The second-order valence-corrected chi connectivity index (χ2v) is 9.92. The van der Waals surface area contributed by atoms with E-state index in [2.05, 4.69) is 20.3 Å². The monoisotopic (exact) mass is 457 g/mol. The van der Waals surface area contributed by atoms with Gasteiger partial charge in [0, 0.05) is 23.4 Å². The van der Waals surface area contributed by atoms with E-state index in [0.29, 0.717) is 23.5 Å². The van der Waals surface area contributed by atoms with Gasteiger partial charge in [0.25, 0.3) is 0 Å². The maximum absolute atomic E-state index is 12.3. The third kappa shape index (κ3) is 3.25. The highest BCUT2D eigenvalue weighted by molar-refractivity contribution is 7.91. The summed E-state index contributed by atoms with van der Waals surface area (Å²) in [6.07, 6.45) is 6.55. The maximum Gasteiger partial charge on any atom is 0.178 e. The van der Waals surface area contributed by atoms with Gasteiger partial charge >= 0.3 is 0 Å². The quantitative estimate of drug-likeness (QED) is 0.401. The number of nitrogens with one attached hydrogen (secondary N) is 2. The van der Waals surface area contributed by atoms with Crippen LogP contribution in [0, 0.1) is 0 Å².